The van der Waals surface area contributed by atoms with Crippen molar-refractivity contribution < 1.29 is 28.4 Å². The van der Waals surface area contributed by atoms with Crippen LogP contribution in [0.25, 0.3) is 44.3 Å². The summed E-state index contributed by atoms with van der Waals surface area (Å²) < 4.78 is 32.6. The Bertz CT molecular complexity index is 5150. The van der Waals surface area contributed by atoms with Gasteiger partial charge in [0.15, 0.2) is 24.2 Å². The van der Waals surface area contributed by atoms with E-state index in [2.05, 4.69) is 75.6 Å². The average Bonchev–Trinajstić information content (AvgIpc) is 1.66. The Morgan fingerprint density at radius 2 is 0.990 bits per heavy atom. The number of aromatic nitrogens is 12. The molecule has 0 saturated carbocycles. The van der Waals surface area contributed by atoms with Gasteiger partial charge in [-0.3, -0.25) is 38.6 Å². The Kier molecular flexibility index (Phi) is 20.5. The van der Waals surface area contributed by atoms with E-state index in [4.69, 9.17) is 30.4 Å². The summed E-state index contributed by atoms with van der Waals surface area (Å²) >= 11 is 6.01. The number of ether oxygens (including phenoxy) is 2. The lowest BCUT2D eigenvalue weighted by molar-refractivity contribution is -0.0660. The molecule has 2 N–H and O–H groups in total. The Labute approximate surface area is 611 Å². The van der Waals surface area contributed by atoms with Gasteiger partial charge in [-0.15, -0.1) is 0 Å². The summed E-state index contributed by atoms with van der Waals surface area (Å²) in [7, 11) is 2.84. The Morgan fingerprint density at radius 1 is 0.524 bits per heavy atom. The van der Waals surface area contributed by atoms with Crippen LogP contribution in [0, 0.1) is 0 Å². The fourth-order valence-electron chi connectivity index (χ4n) is 14.6. The van der Waals surface area contributed by atoms with Gasteiger partial charge in [0.2, 0.25) is 0 Å². The van der Waals surface area contributed by atoms with Gasteiger partial charge in [-0.25, -0.2) is 19.9 Å². The summed E-state index contributed by atoms with van der Waals surface area (Å²) in [5.41, 5.74) is 5.48. The molecule has 546 valence electrons. The largest absolute Gasteiger partial charge is 0.496 e. The highest BCUT2D eigenvalue weighted by Gasteiger charge is 2.52. The van der Waals surface area contributed by atoms with E-state index >= 15 is 0 Å². The predicted molar refractivity (Wildman–Crippen MR) is 405 cm³/mol. The highest BCUT2D eigenvalue weighted by molar-refractivity contribution is 6.62. The van der Waals surface area contributed by atoms with Crippen molar-refractivity contribution in [1.82, 2.24) is 67.6 Å². The Balaban J connectivity index is 0.000000140. The van der Waals surface area contributed by atoms with Crippen molar-refractivity contribution >= 4 is 92.7 Å². The quantitative estimate of drug-likeness (QED) is 0.0809. The molecule has 7 aliphatic heterocycles. The van der Waals surface area contributed by atoms with Crippen molar-refractivity contribution in [1.29, 1.82) is 0 Å². The van der Waals surface area contributed by atoms with Crippen LogP contribution in [0.15, 0.2) is 130 Å². The van der Waals surface area contributed by atoms with Crippen LogP contribution >= 0.6 is 11.6 Å². The molecule has 0 bridgehead atoms. The van der Waals surface area contributed by atoms with Crippen molar-refractivity contribution in [2.75, 3.05) is 99.2 Å². The number of anilines is 6. The first kappa shape index (κ1) is 72.0. The molecule has 7 aliphatic rings. The molecule has 10 aromatic heterocycles. The number of fused-ring (bicyclic) bond motifs is 6. The number of aryl methyl sites for hydroxylation is 6. The van der Waals surface area contributed by atoms with Crippen LogP contribution in [-0.4, -0.2) is 189 Å². The molecule has 30 heteroatoms. The molecular formula is C75H86BClN18O10. The number of rotatable bonds is 14. The van der Waals surface area contributed by atoms with Gasteiger partial charge in [0.05, 0.1) is 113 Å². The fraction of sp³-hybridized carbons (Fsp3) is 0.413. The van der Waals surface area contributed by atoms with Crippen LogP contribution in [0.3, 0.4) is 0 Å². The normalized spacial score (nSPS) is 18.0. The summed E-state index contributed by atoms with van der Waals surface area (Å²) in [5.74, 6) is 1.44. The van der Waals surface area contributed by atoms with Crippen molar-refractivity contribution in [3.05, 3.63) is 179 Å². The number of nitrogens with zero attached hydrogens (tertiary/aromatic N) is 16. The predicted octanol–water partition coefficient (Wildman–Crippen LogP) is 7.12. The molecule has 28 nitrogen and oxygen atoms in total. The average molecular weight is 1450 g/mol. The molecular weight excluding hydrogens is 1360 g/mol. The van der Waals surface area contributed by atoms with Crippen molar-refractivity contribution in [2.24, 2.45) is 14.1 Å². The van der Waals surface area contributed by atoms with E-state index in [0.717, 1.165) is 174 Å². The maximum absolute atomic E-state index is 13.7. The third kappa shape index (κ3) is 14.2. The highest BCUT2D eigenvalue weighted by Crippen LogP contribution is 2.37. The summed E-state index contributed by atoms with van der Waals surface area (Å²) in [6, 6.07) is 15.7. The van der Waals surface area contributed by atoms with Crippen LogP contribution in [0.5, 0.6) is 0 Å². The van der Waals surface area contributed by atoms with Gasteiger partial charge in [0, 0.05) is 150 Å². The lowest BCUT2D eigenvalue weighted by atomic mass is 9.80. The molecule has 0 unspecified atom stereocenters. The van der Waals surface area contributed by atoms with Crippen LogP contribution in [-0.2, 0) is 58.8 Å². The second-order valence-corrected chi connectivity index (χ2v) is 28.8. The number of piperazine rings is 2. The van der Waals surface area contributed by atoms with Crippen LogP contribution in [0.2, 0.25) is 5.02 Å². The van der Waals surface area contributed by atoms with E-state index in [0.29, 0.717) is 69.6 Å². The van der Waals surface area contributed by atoms with Crippen molar-refractivity contribution in [2.45, 2.75) is 110 Å². The first-order valence-electron chi connectivity index (χ1n) is 35.4. The zero-order chi connectivity index (χ0) is 72.1. The maximum atomic E-state index is 13.7. The second-order valence-electron chi connectivity index (χ2n) is 28.4. The summed E-state index contributed by atoms with van der Waals surface area (Å²) in [5, 5.41) is 18.1. The molecule has 0 aromatic carbocycles. The minimum absolute atomic E-state index is 0. The van der Waals surface area contributed by atoms with E-state index < -0.39 is 18.3 Å². The van der Waals surface area contributed by atoms with E-state index in [1.54, 1.807) is 67.8 Å². The molecule has 0 radical (unpaired) electrons. The summed E-state index contributed by atoms with van der Waals surface area (Å²) in [4.78, 5) is 104. The van der Waals surface area contributed by atoms with Gasteiger partial charge < -0.3 is 57.5 Å². The summed E-state index contributed by atoms with van der Waals surface area (Å²) in [6.45, 7) is 21.1. The number of carbonyl (C=O) groups excluding carboxylic acids is 2. The third-order valence-electron chi connectivity index (χ3n) is 21.4. The number of hydrogen-bond acceptors (Lipinski definition) is 22. The van der Waals surface area contributed by atoms with Crippen LogP contribution < -0.4 is 48.1 Å². The number of carbonyl (C=O) groups is 2. The van der Waals surface area contributed by atoms with Gasteiger partial charge >= 0.3 is 7.12 Å². The smallest absolute Gasteiger partial charge is 0.399 e. The molecule has 17 rings (SSSR count). The van der Waals surface area contributed by atoms with Crippen molar-refractivity contribution in [3.8, 4) is 22.8 Å². The lowest BCUT2D eigenvalue weighted by Gasteiger charge is -2.43. The fourth-order valence-corrected chi connectivity index (χ4v) is 14.7. The number of hydrogen-bond donors (Lipinski definition) is 2. The van der Waals surface area contributed by atoms with E-state index in [1.165, 1.54) is 21.5 Å². The second kappa shape index (κ2) is 29.9. The molecule has 105 heavy (non-hydrogen) atoms. The maximum Gasteiger partial charge on any atom is 0.496 e. The molecule has 5 fully saturated rings. The molecule has 5 saturated heterocycles. The SMILES string of the molecule is C.Cn1cc(-c2ccnc(-n3ncc4c5n(cc4c3=O)CCCC5)c2C=O)cc(Nc2ccc(N3CCN(C4COC4)CC3)cn2)c1=O.Cn1cc(B2OC(C)(C)C(C)(C)O2)cc(Nc2ccc(N3CCN(C4COC4)CC3)cn2)c1=O.O=Cc1c(Cl)ccnc1-n1ncc2c3n(cc2c1=O)CCCC3. The van der Waals surface area contributed by atoms with E-state index in [1.807, 2.05) is 70.7 Å². The zero-order valence-electron chi connectivity index (χ0n) is 59.0. The van der Waals surface area contributed by atoms with Crippen LogP contribution in [0.1, 0.15) is 92.9 Å². The van der Waals surface area contributed by atoms with E-state index in [-0.39, 0.29) is 57.4 Å². The minimum atomic E-state index is -0.544. The third-order valence-corrected chi connectivity index (χ3v) is 21.8. The van der Waals surface area contributed by atoms with Gasteiger partial charge in [0.25, 0.3) is 22.2 Å². The van der Waals surface area contributed by atoms with Gasteiger partial charge in [0.1, 0.15) is 23.0 Å². The Hall–Kier alpha value is -10.0. The van der Waals surface area contributed by atoms with E-state index in [9.17, 15) is 28.8 Å². The first-order chi connectivity index (χ1) is 50.3. The minimum Gasteiger partial charge on any atom is -0.399 e. The highest BCUT2D eigenvalue weighted by atomic mass is 35.5. The van der Waals surface area contributed by atoms with Gasteiger partial charge in [-0.2, -0.15) is 19.6 Å². The van der Waals surface area contributed by atoms with Gasteiger partial charge in [-0.05, 0) is 120 Å². The van der Waals surface area contributed by atoms with Crippen LogP contribution in [0.4, 0.5) is 34.4 Å². The topological polar surface area (TPSA) is 283 Å². The molecule has 0 spiro atoms. The standard InChI is InChI=1S/C34H35N9O4.C24H34BN5O4.C16H13ClN4O2.CH4/c1-39-17-22(14-29(34(39)46)38-31-6-5-23(15-36-31)40-10-12-41(13-11-40)24-20-47-21-24)25-7-8-35-32(28(25)19-44)43-33(45)27-18-42-9-3-2-4-30(42)26(27)16-37-43;1-23(2)24(3,4)34-25(33-23)17-12-20(22(31)28(5)14-17)27-21-7-6-18(13-26-21)29-8-10-30(11-9-29)19-15-32-16-19;17-13-4-5-18-15(12(13)9-22)21-16(23)11-8-20-6-2-1-3-14(20)10(11)7-19-21;/h5-8,14-19,24H,2-4,9-13,20-21H2,1H3,(H,36,38);6-7,12-14,19H,8-11,15-16H2,1-5H3,(H,26,27);4-5,7-9H,1-3,6H2;1H4. The first-order valence-corrected chi connectivity index (χ1v) is 35.8. The molecule has 0 amide bonds. The lowest BCUT2D eigenvalue weighted by Crippen LogP contribution is -2.56. The number of pyridine rings is 6. The molecule has 17 heterocycles. The Morgan fingerprint density at radius 3 is 1.45 bits per heavy atom. The monoisotopic (exact) mass is 1440 g/mol. The number of halogens is 1. The molecule has 0 aliphatic carbocycles. The van der Waals surface area contributed by atoms with Gasteiger partial charge in [-0.1, -0.05) is 19.0 Å². The molecule has 10 aromatic rings. The number of nitrogens with one attached hydrogen (secondary N) is 2. The van der Waals surface area contributed by atoms with Crippen molar-refractivity contribution in [3.63, 3.8) is 0 Å². The number of aldehydes is 2. The summed E-state index contributed by atoms with van der Waals surface area (Å²) in [6.07, 6.45) is 24.7. The molecule has 0 atom stereocenters. The zero-order valence-corrected chi connectivity index (χ0v) is 59.8.